The standard InChI is InChI=1S/C22H34N6O3/c1-4-23-21(25-16-17(2)31-19-10-7-9-18(15-19)30-3)24-12-8-14-28-22(29)27-13-6-5-11-20(27)26-28/h7,9-10,15,17H,4-6,8,11-14,16H2,1-3H3,(H2,23,24,25). The Morgan fingerprint density at radius 2 is 2.13 bits per heavy atom. The monoisotopic (exact) mass is 430 g/mol. The summed E-state index contributed by atoms with van der Waals surface area (Å²) in [5, 5.41) is 11.1. The van der Waals surface area contributed by atoms with Crippen LogP contribution in [0.25, 0.3) is 0 Å². The fraction of sp³-hybridized carbons (Fsp3) is 0.591. The molecule has 0 saturated carbocycles. The zero-order chi connectivity index (χ0) is 22.1. The van der Waals surface area contributed by atoms with Gasteiger partial charge in [-0.05, 0) is 45.2 Å². The largest absolute Gasteiger partial charge is 0.497 e. The predicted molar refractivity (Wildman–Crippen MR) is 121 cm³/mol. The Morgan fingerprint density at radius 3 is 2.90 bits per heavy atom. The SMILES string of the molecule is CCNC(=NCC(C)Oc1cccc(OC)c1)NCCCn1nc2n(c1=O)CCCC2. The van der Waals surface area contributed by atoms with Gasteiger partial charge in [0.15, 0.2) is 5.96 Å². The molecule has 1 aromatic heterocycles. The Bertz CT molecular complexity index is 920. The summed E-state index contributed by atoms with van der Waals surface area (Å²) in [5.74, 6) is 3.18. The molecular weight excluding hydrogens is 396 g/mol. The second-order valence-electron chi connectivity index (χ2n) is 7.64. The highest BCUT2D eigenvalue weighted by molar-refractivity contribution is 5.79. The second-order valence-corrected chi connectivity index (χ2v) is 7.64. The average molecular weight is 431 g/mol. The number of rotatable bonds is 10. The van der Waals surface area contributed by atoms with Crippen molar-refractivity contribution in [1.29, 1.82) is 0 Å². The molecule has 1 aromatic carbocycles. The molecular formula is C22H34N6O3. The van der Waals surface area contributed by atoms with Crippen molar-refractivity contribution in [3.8, 4) is 11.5 Å². The Morgan fingerprint density at radius 1 is 1.29 bits per heavy atom. The minimum Gasteiger partial charge on any atom is -0.497 e. The smallest absolute Gasteiger partial charge is 0.345 e. The van der Waals surface area contributed by atoms with Gasteiger partial charge in [0, 0.05) is 38.7 Å². The fourth-order valence-corrected chi connectivity index (χ4v) is 3.54. The van der Waals surface area contributed by atoms with Gasteiger partial charge in [-0.15, -0.1) is 0 Å². The van der Waals surface area contributed by atoms with Gasteiger partial charge in [0.1, 0.15) is 23.4 Å². The van der Waals surface area contributed by atoms with Crippen LogP contribution in [0.5, 0.6) is 11.5 Å². The molecule has 2 N–H and O–H groups in total. The molecule has 0 fully saturated rings. The minimum absolute atomic E-state index is 0.0128. The molecule has 9 heteroatoms. The van der Waals surface area contributed by atoms with Gasteiger partial charge in [-0.3, -0.25) is 4.57 Å². The van der Waals surface area contributed by atoms with E-state index in [-0.39, 0.29) is 11.8 Å². The first-order chi connectivity index (χ1) is 15.1. The quantitative estimate of drug-likeness (QED) is 0.339. The van der Waals surface area contributed by atoms with Crippen LogP contribution in [0, 0.1) is 0 Å². The molecule has 9 nitrogen and oxygen atoms in total. The van der Waals surface area contributed by atoms with Crippen LogP contribution < -0.4 is 25.8 Å². The highest BCUT2D eigenvalue weighted by atomic mass is 16.5. The number of aliphatic imine (C=N–C) groups is 1. The van der Waals surface area contributed by atoms with Crippen molar-refractivity contribution in [3.63, 3.8) is 0 Å². The molecule has 1 aliphatic heterocycles. The molecule has 0 amide bonds. The van der Waals surface area contributed by atoms with Crippen molar-refractivity contribution < 1.29 is 9.47 Å². The first-order valence-electron chi connectivity index (χ1n) is 11.1. The third-order valence-corrected chi connectivity index (χ3v) is 5.10. The summed E-state index contributed by atoms with van der Waals surface area (Å²) in [5.41, 5.74) is 0.0128. The van der Waals surface area contributed by atoms with E-state index in [0.29, 0.717) is 19.6 Å². The highest BCUT2D eigenvalue weighted by Gasteiger charge is 2.16. The summed E-state index contributed by atoms with van der Waals surface area (Å²) in [6.07, 6.45) is 3.77. The number of ether oxygens (including phenoxy) is 2. The molecule has 0 radical (unpaired) electrons. The molecule has 0 bridgehead atoms. The lowest BCUT2D eigenvalue weighted by Crippen LogP contribution is -2.39. The van der Waals surface area contributed by atoms with E-state index in [1.54, 1.807) is 11.8 Å². The molecule has 1 atom stereocenters. The van der Waals surface area contributed by atoms with Crippen LogP contribution in [0.3, 0.4) is 0 Å². The van der Waals surface area contributed by atoms with Crippen LogP contribution in [-0.4, -0.2) is 53.2 Å². The lowest BCUT2D eigenvalue weighted by molar-refractivity contribution is 0.229. The highest BCUT2D eigenvalue weighted by Crippen LogP contribution is 2.19. The maximum Gasteiger partial charge on any atom is 0.345 e. The molecule has 2 heterocycles. The zero-order valence-electron chi connectivity index (χ0n) is 18.8. The number of methoxy groups -OCH3 is 1. The Kier molecular flexibility index (Phi) is 8.37. The van der Waals surface area contributed by atoms with E-state index in [0.717, 1.165) is 62.1 Å². The summed E-state index contributed by atoms with van der Waals surface area (Å²) in [6.45, 7) is 7.39. The second kappa shape index (κ2) is 11.4. The van der Waals surface area contributed by atoms with Crippen LogP contribution in [0.1, 0.15) is 38.9 Å². The van der Waals surface area contributed by atoms with Gasteiger partial charge in [-0.25, -0.2) is 14.5 Å². The lowest BCUT2D eigenvalue weighted by atomic mass is 10.2. The van der Waals surface area contributed by atoms with E-state index in [1.165, 1.54) is 0 Å². The minimum atomic E-state index is -0.0852. The maximum atomic E-state index is 12.4. The number of aromatic nitrogens is 3. The Balaban J connectivity index is 1.46. The van der Waals surface area contributed by atoms with Crippen molar-refractivity contribution in [3.05, 3.63) is 40.6 Å². The van der Waals surface area contributed by atoms with Gasteiger partial charge in [-0.1, -0.05) is 6.07 Å². The number of hydrogen-bond acceptors (Lipinski definition) is 5. The van der Waals surface area contributed by atoms with Gasteiger partial charge in [0.25, 0.3) is 0 Å². The Labute approximate surface area is 183 Å². The maximum absolute atomic E-state index is 12.4. The normalized spacial score (nSPS) is 14.6. The molecule has 0 aliphatic carbocycles. The van der Waals surface area contributed by atoms with Crippen LogP contribution in [0.15, 0.2) is 34.1 Å². The number of benzene rings is 1. The van der Waals surface area contributed by atoms with Gasteiger partial charge >= 0.3 is 5.69 Å². The van der Waals surface area contributed by atoms with E-state index >= 15 is 0 Å². The number of nitrogens with zero attached hydrogens (tertiary/aromatic N) is 4. The molecule has 0 spiro atoms. The Hall–Kier alpha value is -2.97. The van der Waals surface area contributed by atoms with E-state index in [4.69, 9.17) is 9.47 Å². The van der Waals surface area contributed by atoms with Crippen LogP contribution in [-0.2, 0) is 19.5 Å². The van der Waals surface area contributed by atoms with Crippen molar-refractivity contribution in [2.45, 2.75) is 58.7 Å². The van der Waals surface area contributed by atoms with E-state index in [9.17, 15) is 4.79 Å². The number of guanidine groups is 1. The van der Waals surface area contributed by atoms with Crippen LogP contribution in [0.4, 0.5) is 0 Å². The molecule has 3 rings (SSSR count). The summed E-state index contributed by atoms with van der Waals surface area (Å²) in [4.78, 5) is 17.0. The van der Waals surface area contributed by atoms with Crippen molar-refractivity contribution >= 4 is 5.96 Å². The third-order valence-electron chi connectivity index (χ3n) is 5.10. The van der Waals surface area contributed by atoms with Crippen molar-refractivity contribution in [2.24, 2.45) is 4.99 Å². The number of hydrogen-bond donors (Lipinski definition) is 2. The van der Waals surface area contributed by atoms with E-state index in [2.05, 4.69) is 20.7 Å². The summed E-state index contributed by atoms with van der Waals surface area (Å²) >= 11 is 0. The molecule has 0 saturated heterocycles. The molecule has 31 heavy (non-hydrogen) atoms. The average Bonchev–Trinajstić information content (AvgIpc) is 3.10. The topological polar surface area (TPSA) is 94.7 Å². The molecule has 170 valence electrons. The fourth-order valence-electron chi connectivity index (χ4n) is 3.54. The van der Waals surface area contributed by atoms with Gasteiger partial charge in [-0.2, -0.15) is 5.10 Å². The zero-order valence-corrected chi connectivity index (χ0v) is 18.8. The number of fused-ring (bicyclic) bond motifs is 1. The first-order valence-corrected chi connectivity index (χ1v) is 11.1. The summed E-state index contributed by atoms with van der Waals surface area (Å²) < 4.78 is 14.6. The number of aryl methyl sites for hydroxylation is 2. The van der Waals surface area contributed by atoms with Gasteiger partial charge < -0.3 is 20.1 Å². The molecule has 1 unspecified atom stereocenters. The van der Waals surface area contributed by atoms with Gasteiger partial charge in [0.2, 0.25) is 0 Å². The molecule has 2 aromatic rings. The first kappa shape index (κ1) is 22.7. The van der Waals surface area contributed by atoms with E-state index in [1.807, 2.05) is 42.7 Å². The summed E-state index contributed by atoms with van der Waals surface area (Å²) in [7, 11) is 1.64. The lowest BCUT2D eigenvalue weighted by Gasteiger charge is -2.15. The van der Waals surface area contributed by atoms with Crippen LogP contribution in [0.2, 0.25) is 0 Å². The summed E-state index contributed by atoms with van der Waals surface area (Å²) in [6, 6.07) is 7.55. The third kappa shape index (κ3) is 6.50. The van der Waals surface area contributed by atoms with Crippen molar-refractivity contribution in [1.82, 2.24) is 25.0 Å². The van der Waals surface area contributed by atoms with Crippen molar-refractivity contribution in [2.75, 3.05) is 26.7 Å². The van der Waals surface area contributed by atoms with Gasteiger partial charge in [0.05, 0.1) is 13.7 Å². The predicted octanol–water partition coefficient (Wildman–Crippen LogP) is 1.80. The van der Waals surface area contributed by atoms with Crippen LogP contribution >= 0.6 is 0 Å². The molecule has 1 aliphatic rings. The van der Waals surface area contributed by atoms with E-state index < -0.39 is 0 Å². The number of nitrogens with one attached hydrogen (secondary N) is 2.